The minimum Gasteiger partial charge on any atom is -0.489 e. The number of ether oxygens (including phenoxy) is 3. The average Bonchev–Trinajstić information content (AvgIpc) is 2.92. The van der Waals surface area contributed by atoms with Gasteiger partial charge in [-0.25, -0.2) is 9.18 Å². The van der Waals surface area contributed by atoms with Gasteiger partial charge in [-0.05, 0) is 60.0 Å². The number of aryl methyl sites for hydroxylation is 1. The Kier molecular flexibility index (Phi) is 6.79. The fraction of sp³-hybridized carbons (Fsp3) is 0.0968. The average molecular weight is 507 g/mol. The molecule has 0 amide bonds. The molecule has 0 radical (unpaired) electrons. The molecule has 0 bridgehead atoms. The molecule has 38 heavy (non-hydrogen) atoms. The van der Waals surface area contributed by atoms with Gasteiger partial charge in [0, 0.05) is 11.6 Å². The highest BCUT2D eigenvalue weighted by atomic mass is 19.1. The summed E-state index contributed by atoms with van der Waals surface area (Å²) in [4.78, 5) is 12.7. The van der Waals surface area contributed by atoms with Crippen LogP contribution in [0.1, 0.15) is 38.5 Å². The Bertz CT molecular complexity index is 1570. The smallest absolute Gasteiger partial charge is 0.343 e. The van der Waals surface area contributed by atoms with E-state index >= 15 is 0 Å². The van der Waals surface area contributed by atoms with E-state index in [-0.39, 0.29) is 17.3 Å². The number of carbonyl (C=O) groups is 1. The van der Waals surface area contributed by atoms with Gasteiger partial charge in [-0.2, -0.15) is 5.26 Å². The van der Waals surface area contributed by atoms with Gasteiger partial charge in [0.15, 0.2) is 0 Å². The van der Waals surface area contributed by atoms with E-state index in [9.17, 15) is 14.4 Å². The van der Waals surface area contributed by atoms with E-state index in [1.807, 2.05) is 31.2 Å². The molecular weight excluding hydrogens is 483 g/mol. The Morgan fingerprint density at radius 1 is 1.00 bits per heavy atom. The maximum absolute atomic E-state index is 13.1. The predicted molar refractivity (Wildman–Crippen MR) is 139 cm³/mol. The molecular formula is C31H23FN2O4. The monoisotopic (exact) mass is 506 g/mol. The van der Waals surface area contributed by atoms with E-state index in [0.29, 0.717) is 35.0 Å². The summed E-state index contributed by atoms with van der Waals surface area (Å²) in [7, 11) is 0. The third-order valence-electron chi connectivity index (χ3n) is 6.30. The standard InChI is InChI=1S/C31H23FN2O4/c1-19-4-2-3-5-25(19)31(35)37-24-14-15-26-28(16-24)38-30(34)27(17-33)29(26)21-8-12-23(13-9-21)36-18-20-6-10-22(32)11-7-20/h2-16,29H,18,34H2,1H3. The second-order valence-electron chi connectivity index (χ2n) is 8.81. The molecule has 2 N–H and O–H groups in total. The maximum atomic E-state index is 13.1. The zero-order valence-corrected chi connectivity index (χ0v) is 20.5. The van der Waals surface area contributed by atoms with Crippen molar-refractivity contribution in [2.24, 2.45) is 5.73 Å². The second kappa shape index (κ2) is 10.5. The zero-order valence-electron chi connectivity index (χ0n) is 20.5. The largest absolute Gasteiger partial charge is 0.489 e. The number of fused-ring (bicyclic) bond motifs is 1. The van der Waals surface area contributed by atoms with Crippen molar-refractivity contribution >= 4 is 5.97 Å². The van der Waals surface area contributed by atoms with Crippen LogP contribution in [0.3, 0.4) is 0 Å². The Morgan fingerprint density at radius 2 is 1.71 bits per heavy atom. The first-order valence-corrected chi connectivity index (χ1v) is 11.9. The summed E-state index contributed by atoms with van der Waals surface area (Å²) in [6.07, 6.45) is 0. The van der Waals surface area contributed by atoms with Gasteiger partial charge in [-0.1, -0.05) is 48.5 Å². The van der Waals surface area contributed by atoms with E-state index in [1.165, 1.54) is 12.1 Å². The van der Waals surface area contributed by atoms with Gasteiger partial charge >= 0.3 is 5.97 Å². The van der Waals surface area contributed by atoms with Crippen LogP contribution in [-0.4, -0.2) is 5.97 Å². The first kappa shape index (κ1) is 24.6. The minimum atomic E-state index is -0.479. The number of esters is 1. The van der Waals surface area contributed by atoms with Crippen molar-refractivity contribution in [3.8, 4) is 23.3 Å². The molecule has 6 nitrogen and oxygen atoms in total. The van der Waals surface area contributed by atoms with Crippen LogP contribution in [0.25, 0.3) is 0 Å². The molecule has 5 rings (SSSR count). The summed E-state index contributed by atoms with van der Waals surface area (Å²) >= 11 is 0. The van der Waals surface area contributed by atoms with Crippen molar-refractivity contribution in [2.75, 3.05) is 0 Å². The van der Waals surface area contributed by atoms with Gasteiger partial charge in [-0.15, -0.1) is 0 Å². The number of nitrogens with two attached hydrogens (primary N) is 1. The van der Waals surface area contributed by atoms with Crippen LogP contribution >= 0.6 is 0 Å². The lowest BCUT2D eigenvalue weighted by atomic mass is 9.83. The van der Waals surface area contributed by atoms with Crippen molar-refractivity contribution in [1.82, 2.24) is 0 Å². The Hall–Kier alpha value is -5.09. The van der Waals surface area contributed by atoms with Crippen LogP contribution in [-0.2, 0) is 6.61 Å². The van der Waals surface area contributed by atoms with Crippen LogP contribution in [0.5, 0.6) is 17.2 Å². The van der Waals surface area contributed by atoms with Crippen molar-refractivity contribution in [3.05, 3.63) is 136 Å². The Labute approximate surface area is 219 Å². The number of nitrogens with zero attached hydrogens (tertiary/aromatic N) is 1. The van der Waals surface area contributed by atoms with Crippen molar-refractivity contribution in [3.63, 3.8) is 0 Å². The number of carbonyl (C=O) groups excluding carboxylic acids is 1. The molecule has 0 aliphatic carbocycles. The van der Waals surface area contributed by atoms with Crippen molar-refractivity contribution in [1.29, 1.82) is 5.26 Å². The number of allylic oxidation sites excluding steroid dienone is 1. The van der Waals surface area contributed by atoms with Crippen molar-refractivity contribution < 1.29 is 23.4 Å². The van der Waals surface area contributed by atoms with Crippen LogP contribution in [0, 0.1) is 24.1 Å². The van der Waals surface area contributed by atoms with Gasteiger partial charge in [0.05, 0.1) is 11.5 Å². The highest BCUT2D eigenvalue weighted by molar-refractivity contribution is 5.92. The molecule has 0 saturated heterocycles. The summed E-state index contributed by atoms with van der Waals surface area (Å²) in [5.41, 5.74) is 10.0. The third kappa shape index (κ3) is 5.06. The van der Waals surface area contributed by atoms with Gasteiger partial charge in [0.2, 0.25) is 5.88 Å². The van der Waals surface area contributed by atoms with E-state index in [0.717, 1.165) is 16.7 Å². The SMILES string of the molecule is Cc1ccccc1C(=O)Oc1ccc2c(c1)OC(N)=C(C#N)C2c1ccc(OCc2ccc(F)cc2)cc1. The highest BCUT2D eigenvalue weighted by Gasteiger charge is 2.31. The van der Waals surface area contributed by atoms with Gasteiger partial charge in [0.25, 0.3) is 0 Å². The summed E-state index contributed by atoms with van der Waals surface area (Å²) in [6, 6.07) is 27.8. The number of rotatable bonds is 6. The van der Waals surface area contributed by atoms with Crippen molar-refractivity contribution in [2.45, 2.75) is 19.4 Å². The fourth-order valence-electron chi connectivity index (χ4n) is 4.31. The van der Waals surface area contributed by atoms with Gasteiger partial charge < -0.3 is 19.9 Å². The molecule has 1 heterocycles. The third-order valence-corrected chi connectivity index (χ3v) is 6.30. The number of nitriles is 1. The number of hydrogen-bond donors (Lipinski definition) is 1. The number of benzene rings is 4. The number of halogens is 1. The van der Waals surface area contributed by atoms with Gasteiger partial charge in [0.1, 0.15) is 41.3 Å². The summed E-state index contributed by atoms with van der Waals surface area (Å²) in [5, 5.41) is 9.84. The zero-order chi connectivity index (χ0) is 26.6. The fourth-order valence-corrected chi connectivity index (χ4v) is 4.31. The minimum absolute atomic E-state index is 0.0102. The summed E-state index contributed by atoms with van der Waals surface area (Å²) in [6.45, 7) is 2.13. The molecule has 0 aromatic heterocycles. The van der Waals surface area contributed by atoms with E-state index < -0.39 is 11.9 Å². The Balaban J connectivity index is 1.38. The molecule has 7 heteroatoms. The van der Waals surface area contributed by atoms with E-state index in [4.69, 9.17) is 19.9 Å². The summed E-state index contributed by atoms with van der Waals surface area (Å²) < 4.78 is 30.3. The van der Waals surface area contributed by atoms with Crippen LogP contribution in [0.15, 0.2) is 102 Å². The van der Waals surface area contributed by atoms with Crippen LogP contribution < -0.4 is 19.9 Å². The molecule has 1 atom stereocenters. The normalized spacial score (nSPS) is 14.2. The van der Waals surface area contributed by atoms with E-state index in [2.05, 4.69) is 6.07 Å². The molecule has 0 fully saturated rings. The molecule has 1 aliphatic heterocycles. The first-order valence-electron chi connectivity index (χ1n) is 11.9. The lowest BCUT2D eigenvalue weighted by Crippen LogP contribution is -2.21. The Morgan fingerprint density at radius 3 is 2.42 bits per heavy atom. The highest BCUT2D eigenvalue weighted by Crippen LogP contribution is 2.43. The number of hydrogen-bond acceptors (Lipinski definition) is 6. The molecule has 0 spiro atoms. The van der Waals surface area contributed by atoms with Crippen LogP contribution in [0.2, 0.25) is 0 Å². The first-order chi connectivity index (χ1) is 18.4. The predicted octanol–water partition coefficient (Wildman–Crippen LogP) is 6.15. The van der Waals surface area contributed by atoms with E-state index in [1.54, 1.807) is 54.6 Å². The lowest BCUT2D eigenvalue weighted by Gasteiger charge is -2.27. The van der Waals surface area contributed by atoms with Gasteiger partial charge in [-0.3, -0.25) is 0 Å². The summed E-state index contributed by atoms with van der Waals surface area (Å²) in [5.74, 6) is 0.0611. The molecule has 0 saturated carbocycles. The topological polar surface area (TPSA) is 94.6 Å². The molecule has 188 valence electrons. The second-order valence-corrected chi connectivity index (χ2v) is 8.81. The van der Waals surface area contributed by atoms with Crippen LogP contribution in [0.4, 0.5) is 4.39 Å². The quantitative estimate of drug-likeness (QED) is 0.249. The maximum Gasteiger partial charge on any atom is 0.343 e. The molecule has 1 unspecified atom stereocenters. The molecule has 1 aliphatic rings. The molecule has 4 aromatic rings. The molecule has 4 aromatic carbocycles. The lowest BCUT2D eigenvalue weighted by molar-refractivity contribution is 0.0733.